The van der Waals surface area contributed by atoms with Crippen molar-refractivity contribution in [3.63, 3.8) is 0 Å². The summed E-state index contributed by atoms with van der Waals surface area (Å²) in [5, 5.41) is 2.89. The molecule has 1 aromatic carbocycles. The molecule has 3 heteroatoms. The highest BCUT2D eigenvalue weighted by molar-refractivity contribution is 5.83. The van der Waals surface area contributed by atoms with E-state index in [-0.39, 0.29) is 18.1 Å². The summed E-state index contributed by atoms with van der Waals surface area (Å²) in [6.45, 7) is 0.631. The van der Waals surface area contributed by atoms with Crippen LogP contribution in [-0.2, 0) is 16.0 Å². The molecule has 1 aromatic rings. The van der Waals surface area contributed by atoms with Gasteiger partial charge in [-0.1, -0.05) is 36.3 Å². The van der Waals surface area contributed by atoms with E-state index in [1.807, 2.05) is 30.3 Å². The molecule has 0 spiro atoms. The molecule has 2 rings (SSSR count). The summed E-state index contributed by atoms with van der Waals surface area (Å²) < 4.78 is 5.33. The lowest BCUT2D eigenvalue weighted by Crippen LogP contribution is -2.30. The van der Waals surface area contributed by atoms with Gasteiger partial charge in [0.2, 0.25) is 0 Å². The first-order chi connectivity index (χ1) is 9.81. The van der Waals surface area contributed by atoms with Gasteiger partial charge in [0.25, 0.3) is 5.91 Å². The van der Waals surface area contributed by atoms with Crippen molar-refractivity contribution in [3.05, 3.63) is 35.9 Å². The number of terminal acetylenes is 1. The second-order valence-corrected chi connectivity index (χ2v) is 4.61. The lowest BCUT2D eigenvalue weighted by molar-refractivity contribution is -0.122. The molecule has 1 heterocycles. The van der Waals surface area contributed by atoms with E-state index in [1.54, 1.807) is 0 Å². The number of benzene rings is 1. The van der Waals surface area contributed by atoms with Gasteiger partial charge >= 0.3 is 0 Å². The van der Waals surface area contributed by atoms with E-state index in [1.165, 1.54) is 5.56 Å². The number of rotatable bonds is 6. The van der Waals surface area contributed by atoms with Crippen molar-refractivity contribution in [3.8, 4) is 24.2 Å². The molecule has 0 saturated carbocycles. The second-order valence-electron chi connectivity index (χ2n) is 4.61. The van der Waals surface area contributed by atoms with Crippen molar-refractivity contribution >= 4 is 5.91 Å². The van der Waals surface area contributed by atoms with E-state index in [4.69, 9.17) is 11.2 Å². The molecule has 3 nitrogen and oxygen atoms in total. The quantitative estimate of drug-likeness (QED) is 0.627. The van der Waals surface area contributed by atoms with Gasteiger partial charge in [0.15, 0.2) is 6.10 Å². The first-order valence-corrected chi connectivity index (χ1v) is 6.72. The Balaban J connectivity index is 1.61. The molecule has 0 bridgehead atoms. The van der Waals surface area contributed by atoms with Crippen molar-refractivity contribution in [2.45, 2.75) is 31.5 Å². The average Bonchev–Trinajstić information content (AvgIpc) is 3.24. The lowest BCUT2D eigenvalue weighted by atomic mass is 10.1. The van der Waals surface area contributed by atoms with Crippen LogP contribution < -0.4 is 5.32 Å². The van der Waals surface area contributed by atoms with Crippen LogP contribution in [0.4, 0.5) is 0 Å². The molecule has 0 unspecified atom stereocenters. The van der Waals surface area contributed by atoms with E-state index in [9.17, 15) is 4.79 Å². The molecule has 102 valence electrons. The zero-order valence-corrected chi connectivity index (χ0v) is 11.3. The van der Waals surface area contributed by atoms with Crippen molar-refractivity contribution in [2.75, 3.05) is 6.54 Å². The smallest absolute Gasteiger partial charge is 0.251 e. The molecular formula is C17H17NO2. The van der Waals surface area contributed by atoms with E-state index in [0.29, 0.717) is 13.0 Å². The fraction of sp³-hybridized carbons (Fsp3) is 0.353. The van der Waals surface area contributed by atoms with Gasteiger partial charge in [0.1, 0.15) is 0 Å². The number of epoxide rings is 1. The third-order valence-corrected chi connectivity index (χ3v) is 3.11. The van der Waals surface area contributed by atoms with Gasteiger partial charge in [-0.15, -0.1) is 6.42 Å². The predicted molar refractivity (Wildman–Crippen MR) is 77.7 cm³/mol. The van der Waals surface area contributed by atoms with Crippen LogP contribution in [0.5, 0.6) is 0 Å². The number of hydrogen-bond acceptors (Lipinski definition) is 2. The van der Waals surface area contributed by atoms with Crippen LogP contribution in [0.25, 0.3) is 0 Å². The van der Waals surface area contributed by atoms with Crippen LogP contribution in [0.15, 0.2) is 30.3 Å². The van der Waals surface area contributed by atoms with Gasteiger partial charge in [-0.2, -0.15) is 0 Å². The molecule has 1 N–H and O–H groups in total. The fourth-order valence-corrected chi connectivity index (χ4v) is 2.00. The largest absolute Gasteiger partial charge is 0.359 e. The molecule has 0 radical (unpaired) electrons. The zero-order chi connectivity index (χ0) is 14.2. The Labute approximate surface area is 119 Å². The Kier molecular flexibility index (Phi) is 5.24. The van der Waals surface area contributed by atoms with Gasteiger partial charge in [-0.3, -0.25) is 4.79 Å². The monoisotopic (exact) mass is 267 g/mol. The summed E-state index contributed by atoms with van der Waals surface area (Å²) in [6.07, 6.45) is 6.97. The van der Waals surface area contributed by atoms with Crippen LogP contribution in [0.3, 0.4) is 0 Å². The molecule has 1 fully saturated rings. The average molecular weight is 267 g/mol. The van der Waals surface area contributed by atoms with Crippen molar-refractivity contribution in [2.24, 2.45) is 0 Å². The van der Waals surface area contributed by atoms with Crippen LogP contribution in [-0.4, -0.2) is 24.7 Å². The van der Waals surface area contributed by atoms with Crippen molar-refractivity contribution < 1.29 is 9.53 Å². The van der Waals surface area contributed by atoms with Crippen molar-refractivity contribution in [1.82, 2.24) is 5.32 Å². The molecular weight excluding hydrogens is 250 g/mol. The van der Waals surface area contributed by atoms with Crippen LogP contribution in [0.1, 0.15) is 18.4 Å². The molecule has 1 amide bonds. The van der Waals surface area contributed by atoms with Crippen LogP contribution in [0.2, 0.25) is 0 Å². The molecule has 0 aliphatic carbocycles. The third kappa shape index (κ3) is 4.46. The van der Waals surface area contributed by atoms with Crippen LogP contribution in [0, 0.1) is 24.2 Å². The SMILES string of the molecule is C#CC#CCC[C@H]1O[C@@H]1C(=O)NCCc1ccccc1. The Bertz CT molecular complexity index is 548. The minimum Gasteiger partial charge on any atom is -0.359 e. The first-order valence-electron chi connectivity index (χ1n) is 6.72. The van der Waals surface area contributed by atoms with E-state index in [0.717, 1.165) is 12.8 Å². The first kappa shape index (κ1) is 14.2. The van der Waals surface area contributed by atoms with Gasteiger partial charge in [-0.05, 0) is 30.2 Å². The van der Waals surface area contributed by atoms with Gasteiger partial charge < -0.3 is 10.1 Å². The fourth-order valence-electron chi connectivity index (χ4n) is 2.00. The normalized spacial score (nSPS) is 19.4. The number of carbonyl (C=O) groups is 1. The summed E-state index contributed by atoms with van der Waals surface area (Å²) in [5.74, 6) is 7.61. The predicted octanol–water partition coefficient (Wildman–Crippen LogP) is 1.53. The van der Waals surface area contributed by atoms with Gasteiger partial charge in [0, 0.05) is 13.0 Å². The minimum atomic E-state index is -0.307. The Morgan fingerprint density at radius 1 is 1.35 bits per heavy atom. The molecule has 0 aromatic heterocycles. The summed E-state index contributed by atoms with van der Waals surface area (Å²) in [7, 11) is 0. The molecule has 1 aliphatic heterocycles. The number of amides is 1. The Morgan fingerprint density at radius 2 is 2.15 bits per heavy atom. The highest BCUT2D eigenvalue weighted by atomic mass is 16.6. The van der Waals surface area contributed by atoms with E-state index < -0.39 is 0 Å². The summed E-state index contributed by atoms with van der Waals surface area (Å²) >= 11 is 0. The summed E-state index contributed by atoms with van der Waals surface area (Å²) in [6, 6.07) is 10.1. The van der Waals surface area contributed by atoms with Crippen molar-refractivity contribution in [1.29, 1.82) is 0 Å². The number of nitrogens with one attached hydrogen (secondary N) is 1. The van der Waals surface area contributed by atoms with E-state index >= 15 is 0 Å². The molecule has 2 atom stereocenters. The van der Waals surface area contributed by atoms with E-state index in [2.05, 4.69) is 23.1 Å². The topological polar surface area (TPSA) is 41.6 Å². The maximum Gasteiger partial charge on any atom is 0.251 e. The van der Waals surface area contributed by atoms with Gasteiger partial charge in [0.05, 0.1) is 6.10 Å². The maximum atomic E-state index is 11.8. The highest BCUT2D eigenvalue weighted by Gasteiger charge is 2.43. The maximum absolute atomic E-state index is 11.8. The summed E-state index contributed by atoms with van der Waals surface area (Å²) in [4.78, 5) is 11.8. The Hall–Kier alpha value is -2.23. The lowest BCUT2D eigenvalue weighted by Gasteiger charge is -2.03. The number of ether oxygens (including phenoxy) is 1. The minimum absolute atomic E-state index is 0.00111. The second kappa shape index (κ2) is 7.38. The third-order valence-electron chi connectivity index (χ3n) is 3.11. The molecule has 1 saturated heterocycles. The molecule has 20 heavy (non-hydrogen) atoms. The highest BCUT2D eigenvalue weighted by Crippen LogP contribution is 2.26. The summed E-state index contributed by atoms with van der Waals surface area (Å²) in [5.41, 5.74) is 1.21. The Morgan fingerprint density at radius 3 is 2.90 bits per heavy atom. The molecule has 1 aliphatic rings. The van der Waals surface area contributed by atoms with Gasteiger partial charge in [-0.25, -0.2) is 0 Å². The zero-order valence-electron chi connectivity index (χ0n) is 11.3. The standard InChI is InChI=1S/C17H17NO2/c1-2-3-4-8-11-15-16(20-15)17(19)18-13-12-14-9-6-5-7-10-14/h1,5-7,9-10,15-16H,8,11-13H2,(H,18,19)/t15-,16+/m1/s1. The number of carbonyl (C=O) groups excluding carboxylic acids is 1. The number of hydrogen-bond donors (Lipinski definition) is 1. The van der Waals surface area contributed by atoms with Crippen LogP contribution >= 0.6 is 0 Å².